The monoisotopic (exact) mass is 396 g/mol. The largest absolute Gasteiger partial charge is 0.493 e. The maximum Gasteiger partial charge on any atom is 0.227 e. The lowest BCUT2D eigenvalue weighted by Gasteiger charge is -2.28. The second kappa shape index (κ2) is 8.37. The summed E-state index contributed by atoms with van der Waals surface area (Å²) in [6, 6.07) is 5.61. The van der Waals surface area contributed by atoms with Crippen LogP contribution in [0.3, 0.4) is 0 Å². The Bertz CT molecular complexity index is 902. The first kappa shape index (κ1) is 19.6. The Hall–Kier alpha value is -2.67. The highest BCUT2D eigenvalue weighted by Gasteiger charge is 2.27. The van der Waals surface area contributed by atoms with Crippen molar-refractivity contribution in [3.63, 3.8) is 0 Å². The first-order valence-corrected chi connectivity index (χ1v) is 10.1. The lowest BCUT2D eigenvalue weighted by Crippen LogP contribution is -2.37. The molecule has 1 amide bonds. The van der Waals surface area contributed by atoms with Gasteiger partial charge in [-0.1, -0.05) is 6.07 Å². The highest BCUT2D eigenvalue weighted by atomic mass is 16.5. The molecule has 3 heterocycles. The van der Waals surface area contributed by atoms with Crippen LogP contribution >= 0.6 is 0 Å². The van der Waals surface area contributed by atoms with Crippen LogP contribution in [0.1, 0.15) is 35.0 Å². The molecule has 1 fully saturated rings. The van der Waals surface area contributed by atoms with Gasteiger partial charge in [-0.05, 0) is 37.7 Å². The molecule has 2 aromatic rings. The van der Waals surface area contributed by atoms with E-state index in [0.717, 1.165) is 48.6 Å². The molecular weight excluding hydrogens is 368 g/mol. The van der Waals surface area contributed by atoms with Gasteiger partial charge in [0.1, 0.15) is 5.82 Å². The third-order valence-electron chi connectivity index (χ3n) is 5.87. The molecule has 154 valence electrons. The number of rotatable bonds is 5. The van der Waals surface area contributed by atoms with Crippen LogP contribution in [0.15, 0.2) is 24.4 Å². The van der Waals surface area contributed by atoms with Crippen molar-refractivity contribution in [1.29, 1.82) is 0 Å². The molecule has 7 nitrogen and oxygen atoms in total. The van der Waals surface area contributed by atoms with Gasteiger partial charge in [-0.2, -0.15) is 0 Å². The highest BCUT2D eigenvalue weighted by molar-refractivity contribution is 5.79. The number of likely N-dealkylation sites (N-methyl/N-ethyl adjacent to an activating group) is 1. The number of nitrogens with zero attached hydrogens (tertiary/aromatic N) is 4. The third-order valence-corrected chi connectivity index (χ3v) is 5.87. The van der Waals surface area contributed by atoms with E-state index in [1.807, 2.05) is 29.3 Å². The van der Waals surface area contributed by atoms with Crippen LogP contribution in [0.2, 0.25) is 0 Å². The van der Waals surface area contributed by atoms with Crippen molar-refractivity contribution in [1.82, 2.24) is 19.8 Å². The number of carbonyl (C=O) groups is 1. The minimum absolute atomic E-state index is 0.101. The molecule has 2 aliphatic rings. The Morgan fingerprint density at radius 1 is 1.21 bits per heavy atom. The fraction of sp³-hybridized carbons (Fsp3) is 0.500. The van der Waals surface area contributed by atoms with E-state index in [2.05, 4.69) is 16.9 Å². The average molecular weight is 396 g/mol. The van der Waals surface area contributed by atoms with Gasteiger partial charge in [0.2, 0.25) is 5.91 Å². The molecule has 4 rings (SSSR count). The fourth-order valence-electron chi connectivity index (χ4n) is 4.16. The van der Waals surface area contributed by atoms with Gasteiger partial charge in [-0.25, -0.2) is 9.97 Å². The van der Waals surface area contributed by atoms with Crippen LogP contribution < -0.4 is 9.47 Å². The summed E-state index contributed by atoms with van der Waals surface area (Å²) in [4.78, 5) is 26.5. The first-order chi connectivity index (χ1) is 14.1. The van der Waals surface area contributed by atoms with E-state index in [0.29, 0.717) is 36.9 Å². The number of fused-ring (bicyclic) bond motifs is 1. The average Bonchev–Trinajstić information content (AvgIpc) is 3.19. The summed E-state index contributed by atoms with van der Waals surface area (Å²) < 4.78 is 10.6. The van der Waals surface area contributed by atoms with Gasteiger partial charge in [0, 0.05) is 43.7 Å². The number of likely N-dealkylation sites (tertiary alicyclic amines) is 1. The molecule has 0 bridgehead atoms. The van der Waals surface area contributed by atoms with Gasteiger partial charge in [-0.3, -0.25) is 4.79 Å². The molecule has 1 aromatic carbocycles. The molecule has 1 atom stereocenters. The van der Waals surface area contributed by atoms with Gasteiger partial charge < -0.3 is 19.3 Å². The number of hydrogen-bond acceptors (Lipinski definition) is 6. The zero-order valence-electron chi connectivity index (χ0n) is 17.4. The second-order valence-electron chi connectivity index (χ2n) is 7.88. The summed E-state index contributed by atoms with van der Waals surface area (Å²) in [7, 11) is 5.34. The standard InChI is InChI=1S/C22H28N4O3/c1-25-8-6-16(13-25)22-23-12-17-14-26(9-7-18(17)24-22)21(27)11-15-4-5-19(28-2)20(10-15)29-3/h4-5,10,12,16H,6-9,11,13-14H2,1-3H3. The number of amides is 1. The number of benzene rings is 1. The molecule has 2 aliphatic heterocycles. The summed E-state index contributed by atoms with van der Waals surface area (Å²) in [5, 5.41) is 0. The van der Waals surface area contributed by atoms with Crippen molar-refractivity contribution in [2.45, 2.75) is 31.7 Å². The number of aromatic nitrogens is 2. The van der Waals surface area contributed by atoms with E-state index in [1.165, 1.54) is 0 Å². The van der Waals surface area contributed by atoms with Crippen molar-refractivity contribution in [3.05, 3.63) is 47.0 Å². The van der Waals surface area contributed by atoms with Crippen molar-refractivity contribution in [2.24, 2.45) is 0 Å². The van der Waals surface area contributed by atoms with Gasteiger partial charge in [0.15, 0.2) is 11.5 Å². The summed E-state index contributed by atoms with van der Waals surface area (Å²) >= 11 is 0. The van der Waals surface area contributed by atoms with E-state index in [-0.39, 0.29) is 5.91 Å². The number of hydrogen-bond donors (Lipinski definition) is 0. The zero-order chi connectivity index (χ0) is 20.4. The molecule has 0 radical (unpaired) electrons. The minimum Gasteiger partial charge on any atom is -0.493 e. The minimum atomic E-state index is 0.101. The summed E-state index contributed by atoms with van der Waals surface area (Å²) in [5.74, 6) is 2.79. The lowest BCUT2D eigenvalue weighted by atomic mass is 10.0. The van der Waals surface area contributed by atoms with Gasteiger partial charge in [0.25, 0.3) is 0 Å². The van der Waals surface area contributed by atoms with Crippen LogP contribution in [0.25, 0.3) is 0 Å². The molecule has 0 aliphatic carbocycles. The van der Waals surface area contributed by atoms with Crippen molar-refractivity contribution in [2.75, 3.05) is 40.9 Å². The predicted octanol–water partition coefficient (Wildman–Crippen LogP) is 2.04. The zero-order valence-corrected chi connectivity index (χ0v) is 17.4. The fourth-order valence-corrected chi connectivity index (χ4v) is 4.16. The Balaban J connectivity index is 1.42. The van der Waals surface area contributed by atoms with Crippen LogP contribution in [-0.2, 0) is 24.2 Å². The van der Waals surface area contributed by atoms with Gasteiger partial charge in [0.05, 0.1) is 26.3 Å². The normalized spacial score (nSPS) is 19.1. The molecular formula is C22H28N4O3. The number of ether oxygens (including phenoxy) is 2. The molecule has 7 heteroatoms. The van der Waals surface area contributed by atoms with Crippen molar-refractivity contribution in [3.8, 4) is 11.5 Å². The SMILES string of the molecule is COc1ccc(CC(=O)N2CCc3nc(C4CCN(C)C4)ncc3C2)cc1OC. The van der Waals surface area contributed by atoms with E-state index in [9.17, 15) is 4.79 Å². The predicted molar refractivity (Wildman–Crippen MR) is 109 cm³/mol. The number of carbonyl (C=O) groups excluding carboxylic acids is 1. The second-order valence-corrected chi connectivity index (χ2v) is 7.88. The molecule has 0 N–H and O–H groups in total. The smallest absolute Gasteiger partial charge is 0.227 e. The van der Waals surface area contributed by atoms with E-state index in [4.69, 9.17) is 14.5 Å². The Labute approximate surface area is 171 Å². The Kier molecular flexibility index (Phi) is 5.67. The van der Waals surface area contributed by atoms with Gasteiger partial charge >= 0.3 is 0 Å². The van der Waals surface area contributed by atoms with Crippen LogP contribution in [0.4, 0.5) is 0 Å². The third kappa shape index (κ3) is 4.19. The molecule has 29 heavy (non-hydrogen) atoms. The van der Waals surface area contributed by atoms with Crippen LogP contribution in [0.5, 0.6) is 11.5 Å². The number of methoxy groups -OCH3 is 2. The topological polar surface area (TPSA) is 67.8 Å². The first-order valence-electron chi connectivity index (χ1n) is 10.1. The van der Waals surface area contributed by atoms with E-state index < -0.39 is 0 Å². The molecule has 1 aromatic heterocycles. The van der Waals surface area contributed by atoms with Crippen LogP contribution in [0, 0.1) is 0 Å². The van der Waals surface area contributed by atoms with Crippen LogP contribution in [-0.4, -0.2) is 66.6 Å². The van der Waals surface area contributed by atoms with E-state index >= 15 is 0 Å². The highest BCUT2D eigenvalue weighted by Crippen LogP contribution is 2.29. The maximum atomic E-state index is 12.9. The molecule has 0 saturated carbocycles. The molecule has 0 spiro atoms. The van der Waals surface area contributed by atoms with E-state index in [1.54, 1.807) is 14.2 Å². The summed E-state index contributed by atoms with van der Waals surface area (Å²) in [5.41, 5.74) is 3.07. The summed E-state index contributed by atoms with van der Waals surface area (Å²) in [6.07, 6.45) is 4.16. The maximum absolute atomic E-state index is 12.9. The molecule has 1 unspecified atom stereocenters. The Morgan fingerprint density at radius 2 is 2.03 bits per heavy atom. The quantitative estimate of drug-likeness (QED) is 0.771. The van der Waals surface area contributed by atoms with Crippen molar-refractivity contribution < 1.29 is 14.3 Å². The lowest BCUT2D eigenvalue weighted by molar-refractivity contribution is -0.131. The molecule has 1 saturated heterocycles. The summed E-state index contributed by atoms with van der Waals surface area (Å²) in [6.45, 7) is 3.39. The van der Waals surface area contributed by atoms with Gasteiger partial charge in [-0.15, -0.1) is 0 Å². The van der Waals surface area contributed by atoms with Crippen molar-refractivity contribution >= 4 is 5.91 Å². The Morgan fingerprint density at radius 3 is 2.76 bits per heavy atom.